The van der Waals surface area contributed by atoms with E-state index in [-0.39, 0.29) is 0 Å². The molecule has 0 spiro atoms. The van der Waals surface area contributed by atoms with Gasteiger partial charge < -0.3 is 4.57 Å². The van der Waals surface area contributed by atoms with Crippen LogP contribution in [0.25, 0.3) is 90.6 Å². The van der Waals surface area contributed by atoms with E-state index in [1.807, 2.05) is 11.3 Å². The van der Waals surface area contributed by atoms with E-state index in [2.05, 4.69) is 144 Å². The molecule has 5 heteroatoms. The Kier molecular flexibility index (Phi) is 5.32. The van der Waals surface area contributed by atoms with Crippen LogP contribution in [0.4, 0.5) is 0 Å². The molecule has 0 N–H and O–H groups in total. The first-order chi connectivity index (χ1) is 22.3. The van der Waals surface area contributed by atoms with Crippen LogP contribution in [0.1, 0.15) is 0 Å². The lowest BCUT2D eigenvalue weighted by Crippen LogP contribution is -1.97. The van der Waals surface area contributed by atoms with E-state index in [0.717, 1.165) is 38.5 Å². The Morgan fingerprint density at radius 1 is 0.444 bits per heavy atom. The Balaban J connectivity index is 1.22. The molecule has 0 radical (unpaired) electrons. The van der Waals surface area contributed by atoms with E-state index < -0.39 is 0 Å². The second kappa shape index (κ2) is 9.57. The van der Waals surface area contributed by atoms with Crippen molar-refractivity contribution in [1.29, 1.82) is 0 Å². The van der Waals surface area contributed by atoms with Gasteiger partial charge in [-0.05, 0) is 42.5 Å². The molecule has 0 aliphatic rings. The third-order valence-corrected chi connectivity index (χ3v) is 11.0. The number of para-hydroxylation sites is 1. The van der Waals surface area contributed by atoms with Crippen molar-refractivity contribution in [2.45, 2.75) is 0 Å². The summed E-state index contributed by atoms with van der Waals surface area (Å²) in [7, 11) is 0. The van der Waals surface area contributed by atoms with Gasteiger partial charge in [0.05, 0.1) is 16.7 Å². The number of hydrogen-bond acceptors (Lipinski definition) is 4. The Labute approximate surface area is 266 Å². The average molecular weight is 610 g/mol. The maximum atomic E-state index is 5.26. The average Bonchev–Trinajstić information content (AvgIpc) is 3.76. The van der Waals surface area contributed by atoms with Crippen molar-refractivity contribution in [3.8, 4) is 28.3 Å². The molecule has 0 fully saturated rings. The summed E-state index contributed by atoms with van der Waals surface area (Å²) in [5.74, 6) is 0.738. The van der Waals surface area contributed by atoms with Gasteiger partial charge in [0, 0.05) is 63.2 Å². The summed E-state index contributed by atoms with van der Waals surface area (Å²) >= 11 is 3.59. The van der Waals surface area contributed by atoms with E-state index in [1.165, 1.54) is 52.1 Å². The highest BCUT2D eigenvalue weighted by Crippen LogP contribution is 2.42. The van der Waals surface area contributed by atoms with Gasteiger partial charge >= 0.3 is 0 Å². The summed E-state index contributed by atoms with van der Waals surface area (Å²) in [6.07, 6.45) is 0. The highest BCUT2D eigenvalue weighted by Gasteiger charge is 2.19. The van der Waals surface area contributed by atoms with Gasteiger partial charge in [-0.15, -0.1) is 22.7 Å². The molecule has 0 atom stereocenters. The number of thiophene rings is 2. The van der Waals surface area contributed by atoms with Crippen LogP contribution in [0.3, 0.4) is 0 Å². The first-order valence-corrected chi connectivity index (χ1v) is 16.6. The molecule has 45 heavy (non-hydrogen) atoms. The summed E-state index contributed by atoms with van der Waals surface area (Å²) in [4.78, 5) is 11.5. The smallest absolute Gasteiger partial charge is 0.161 e. The lowest BCUT2D eigenvalue weighted by atomic mass is 10.1. The monoisotopic (exact) mass is 609 g/mol. The van der Waals surface area contributed by atoms with Crippen LogP contribution in [0.5, 0.6) is 0 Å². The third kappa shape index (κ3) is 3.75. The molecule has 4 heterocycles. The van der Waals surface area contributed by atoms with Crippen LogP contribution in [0.15, 0.2) is 140 Å². The third-order valence-electron chi connectivity index (χ3n) is 8.82. The zero-order valence-corrected chi connectivity index (χ0v) is 25.6. The van der Waals surface area contributed by atoms with Gasteiger partial charge in [0.15, 0.2) is 5.82 Å². The van der Waals surface area contributed by atoms with Gasteiger partial charge in [-0.3, -0.25) is 0 Å². The van der Waals surface area contributed by atoms with E-state index in [4.69, 9.17) is 9.97 Å². The minimum atomic E-state index is 0.738. The predicted octanol–water partition coefficient (Wildman–Crippen LogP) is 11.6. The number of benzene rings is 6. The fourth-order valence-electron chi connectivity index (χ4n) is 6.81. The lowest BCUT2D eigenvalue weighted by molar-refractivity contribution is 1.17. The molecule has 0 bridgehead atoms. The second-order valence-corrected chi connectivity index (χ2v) is 13.5. The Hall–Kier alpha value is -5.36. The van der Waals surface area contributed by atoms with Crippen LogP contribution in [-0.2, 0) is 0 Å². The predicted molar refractivity (Wildman–Crippen MR) is 193 cm³/mol. The Morgan fingerprint density at radius 2 is 1.16 bits per heavy atom. The van der Waals surface area contributed by atoms with Crippen LogP contribution in [-0.4, -0.2) is 14.5 Å². The molecule has 0 amide bonds. The SMILES string of the molecule is c1ccc(-c2nc(-c3cccc(-n4c5ccccc5c5cc6c(cc54)sc4ccccc46)c3)nc3sc4ccccc4c23)cc1. The van der Waals surface area contributed by atoms with Gasteiger partial charge in [-0.2, -0.15) is 0 Å². The van der Waals surface area contributed by atoms with Gasteiger partial charge in [-0.1, -0.05) is 97.1 Å². The minimum absolute atomic E-state index is 0.738. The summed E-state index contributed by atoms with van der Waals surface area (Å²) in [5.41, 5.74) is 6.57. The van der Waals surface area contributed by atoms with Crippen molar-refractivity contribution < 1.29 is 0 Å². The topological polar surface area (TPSA) is 30.7 Å². The lowest BCUT2D eigenvalue weighted by Gasteiger charge is -2.11. The van der Waals surface area contributed by atoms with Crippen molar-refractivity contribution in [1.82, 2.24) is 14.5 Å². The van der Waals surface area contributed by atoms with E-state index in [1.54, 1.807) is 11.3 Å². The molecular weight excluding hydrogens is 587 g/mol. The number of fused-ring (bicyclic) bond motifs is 9. The largest absolute Gasteiger partial charge is 0.309 e. The molecule has 0 aliphatic heterocycles. The number of rotatable bonds is 3. The van der Waals surface area contributed by atoms with Gasteiger partial charge in [0.2, 0.25) is 0 Å². The van der Waals surface area contributed by atoms with Crippen molar-refractivity contribution in [2.75, 3.05) is 0 Å². The summed E-state index contributed by atoms with van der Waals surface area (Å²) < 4.78 is 6.24. The number of nitrogens with zero attached hydrogens (tertiary/aromatic N) is 3. The van der Waals surface area contributed by atoms with E-state index in [0.29, 0.717) is 0 Å². The van der Waals surface area contributed by atoms with E-state index >= 15 is 0 Å². The van der Waals surface area contributed by atoms with Crippen molar-refractivity contribution >= 4 is 85.0 Å². The summed E-state index contributed by atoms with van der Waals surface area (Å²) in [5, 5.41) is 7.48. The van der Waals surface area contributed by atoms with Crippen LogP contribution >= 0.6 is 22.7 Å². The second-order valence-electron chi connectivity index (χ2n) is 11.4. The fraction of sp³-hybridized carbons (Fsp3) is 0. The van der Waals surface area contributed by atoms with Gasteiger partial charge in [0.25, 0.3) is 0 Å². The zero-order valence-electron chi connectivity index (χ0n) is 23.9. The molecule has 210 valence electrons. The normalized spacial score (nSPS) is 12.0. The molecule has 4 aromatic heterocycles. The fourth-order valence-corrected chi connectivity index (χ4v) is 9.00. The number of aromatic nitrogens is 3. The molecule has 0 unspecified atom stereocenters. The van der Waals surface area contributed by atoms with Crippen LogP contribution in [0.2, 0.25) is 0 Å². The first kappa shape index (κ1) is 25.0. The standard InChI is InChI=1S/C40H23N3S2/c1-2-11-24(12-3-1)38-37-29-17-6-9-20-35(29)45-40(37)42-39(41-38)25-13-10-14-26(21-25)43-32-18-7-4-15-27(32)30-22-31-28-16-5-8-19-34(28)44-36(31)23-33(30)43/h1-23H. The van der Waals surface area contributed by atoms with Crippen LogP contribution < -0.4 is 0 Å². The van der Waals surface area contributed by atoms with Crippen molar-refractivity contribution in [2.24, 2.45) is 0 Å². The van der Waals surface area contributed by atoms with Crippen LogP contribution in [0, 0.1) is 0 Å². The molecule has 0 aliphatic carbocycles. The highest BCUT2D eigenvalue weighted by atomic mass is 32.1. The molecular formula is C40H23N3S2. The first-order valence-electron chi connectivity index (χ1n) is 15.0. The minimum Gasteiger partial charge on any atom is -0.309 e. The maximum absolute atomic E-state index is 5.26. The summed E-state index contributed by atoms with van der Waals surface area (Å²) in [6, 6.07) is 49.9. The quantitative estimate of drug-likeness (QED) is 0.199. The highest BCUT2D eigenvalue weighted by molar-refractivity contribution is 7.26. The molecule has 0 saturated heterocycles. The van der Waals surface area contributed by atoms with Crippen molar-refractivity contribution in [3.05, 3.63) is 140 Å². The molecule has 10 rings (SSSR count). The molecule has 3 nitrogen and oxygen atoms in total. The number of hydrogen-bond donors (Lipinski definition) is 0. The molecule has 0 saturated carbocycles. The van der Waals surface area contributed by atoms with E-state index in [9.17, 15) is 0 Å². The maximum Gasteiger partial charge on any atom is 0.161 e. The Bertz CT molecular complexity index is 2770. The zero-order chi connectivity index (χ0) is 29.5. The molecule has 6 aromatic carbocycles. The van der Waals surface area contributed by atoms with Crippen molar-refractivity contribution in [3.63, 3.8) is 0 Å². The molecule has 10 aromatic rings. The summed E-state index contributed by atoms with van der Waals surface area (Å²) in [6.45, 7) is 0. The Morgan fingerprint density at radius 3 is 2.02 bits per heavy atom. The van der Waals surface area contributed by atoms with Gasteiger partial charge in [0.1, 0.15) is 4.83 Å². The van der Waals surface area contributed by atoms with Gasteiger partial charge in [-0.25, -0.2) is 9.97 Å².